The molecule has 4 nitrogen and oxygen atoms in total. The van der Waals surface area contributed by atoms with Crippen LogP contribution in [0.5, 0.6) is 0 Å². The summed E-state index contributed by atoms with van der Waals surface area (Å²) < 4.78 is 12.8. The second-order valence-corrected chi connectivity index (χ2v) is 4.09. The van der Waals surface area contributed by atoms with E-state index in [0.29, 0.717) is 6.42 Å². The number of carboxylic acid groups (broad SMARTS) is 1. The Morgan fingerprint density at radius 3 is 2.33 bits per heavy atom. The van der Waals surface area contributed by atoms with Crippen molar-refractivity contribution in [3.8, 4) is 0 Å². The first kappa shape index (κ1) is 14.2. The molecule has 0 saturated heterocycles. The van der Waals surface area contributed by atoms with Crippen LogP contribution >= 0.6 is 0 Å². The summed E-state index contributed by atoms with van der Waals surface area (Å²) in [6.45, 7) is 3.30. The number of aliphatic carboxylic acids is 1. The topological polar surface area (TPSA) is 57.6 Å². The summed E-state index contributed by atoms with van der Waals surface area (Å²) in [5.41, 5.74) is 0.290. The molecule has 1 amide bonds. The summed E-state index contributed by atoms with van der Waals surface area (Å²) >= 11 is 0. The lowest BCUT2D eigenvalue weighted by atomic mass is 10.1. The lowest BCUT2D eigenvalue weighted by Gasteiger charge is -2.27. The largest absolute Gasteiger partial charge is 0.480 e. The number of hydrogen-bond donors (Lipinski definition) is 1. The molecule has 0 radical (unpaired) electrons. The van der Waals surface area contributed by atoms with Crippen molar-refractivity contribution in [3.05, 3.63) is 35.6 Å². The van der Waals surface area contributed by atoms with E-state index in [2.05, 4.69) is 0 Å². The second kappa shape index (κ2) is 6.14. The Hall–Kier alpha value is -1.91. The van der Waals surface area contributed by atoms with E-state index in [-0.39, 0.29) is 18.2 Å². The summed E-state index contributed by atoms with van der Waals surface area (Å²) in [4.78, 5) is 24.2. The number of carbonyl (C=O) groups is 2. The molecular weight excluding hydrogens is 237 g/mol. The maximum absolute atomic E-state index is 12.8. The van der Waals surface area contributed by atoms with Crippen LogP contribution in [0.15, 0.2) is 24.3 Å². The molecule has 98 valence electrons. The summed E-state index contributed by atoms with van der Waals surface area (Å²) in [5, 5.41) is 8.81. The number of carboxylic acids is 1. The summed E-state index contributed by atoms with van der Waals surface area (Å²) in [6.07, 6.45) is 0.653. The van der Waals surface area contributed by atoms with Crippen LogP contribution in [0.3, 0.4) is 0 Å². The van der Waals surface area contributed by atoms with Crippen LogP contribution in [0.2, 0.25) is 0 Å². The third kappa shape index (κ3) is 3.55. The second-order valence-electron chi connectivity index (χ2n) is 4.09. The fraction of sp³-hybridized carbons (Fsp3) is 0.385. The zero-order valence-electron chi connectivity index (χ0n) is 10.4. The number of amides is 1. The van der Waals surface area contributed by atoms with Gasteiger partial charge in [0.25, 0.3) is 5.91 Å². The molecule has 18 heavy (non-hydrogen) atoms. The molecule has 0 aliphatic rings. The van der Waals surface area contributed by atoms with E-state index >= 15 is 0 Å². The highest BCUT2D eigenvalue weighted by Crippen LogP contribution is 2.11. The number of hydrogen-bond acceptors (Lipinski definition) is 2. The average Bonchev–Trinajstić information content (AvgIpc) is 2.35. The quantitative estimate of drug-likeness (QED) is 0.874. The van der Waals surface area contributed by atoms with Gasteiger partial charge in [0, 0.05) is 11.6 Å². The number of nitrogens with zero attached hydrogens (tertiary/aromatic N) is 1. The fourth-order valence-electron chi connectivity index (χ4n) is 1.55. The molecular formula is C13H16FNO3. The summed E-state index contributed by atoms with van der Waals surface area (Å²) in [6, 6.07) is 4.90. The van der Waals surface area contributed by atoms with Gasteiger partial charge in [0.15, 0.2) is 0 Å². The minimum Gasteiger partial charge on any atom is -0.480 e. The number of benzene rings is 1. The molecule has 1 aromatic carbocycles. The molecule has 1 atom stereocenters. The average molecular weight is 253 g/mol. The van der Waals surface area contributed by atoms with E-state index in [1.54, 1.807) is 6.92 Å². The summed E-state index contributed by atoms with van der Waals surface area (Å²) in [7, 11) is 0. The van der Waals surface area contributed by atoms with Crippen LogP contribution in [-0.4, -0.2) is 34.5 Å². The SMILES string of the molecule is CCC(C)N(CC(=O)O)C(=O)c1ccc(F)cc1. The standard InChI is InChI=1S/C13H16FNO3/c1-3-9(2)15(8-12(16)17)13(18)10-4-6-11(14)7-5-10/h4-7,9H,3,8H2,1-2H3,(H,16,17). The van der Waals surface area contributed by atoms with Gasteiger partial charge in [-0.25, -0.2) is 4.39 Å². The van der Waals surface area contributed by atoms with Crippen LogP contribution in [0.25, 0.3) is 0 Å². The van der Waals surface area contributed by atoms with E-state index in [4.69, 9.17) is 5.11 Å². The first-order valence-electron chi connectivity index (χ1n) is 5.74. The predicted octanol–water partition coefficient (Wildman–Crippen LogP) is 2.15. The Kier molecular flexibility index (Phi) is 4.83. The highest BCUT2D eigenvalue weighted by atomic mass is 19.1. The Bertz CT molecular complexity index is 430. The molecule has 5 heteroatoms. The van der Waals surface area contributed by atoms with Crippen molar-refractivity contribution in [2.75, 3.05) is 6.54 Å². The smallest absolute Gasteiger partial charge is 0.323 e. The van der Waals surface area contributed by atoms with E-state index in [1.807, 2.05) is 6.92 Å². The molecule has 0 bridgehead atoms. The lowest BCUT2D eigenvalue weighted by molar-refractivity contribution is -0.138. The highest BCUT2D eigenvalue weighted by Gasteiger charge is 2.22. The molecule has 0 heterocycles. The van der Waals surface area contributed by atoms with Crippen molar-refractivity contribution < 1.29 is 19.1 Å². The maximum Gasteiger partial charge on any atom is 0.323 e. The van der Waals surface area contributed by atoms with Crippen LogP contribution in [0, 0.1) is 5.82 Å². The summed E-state index contributed by atoms with van der Waals surface area (Å²) in [5.74, 6) is -1.89. The molecule has 0 fully saturated rings. The van der Waals surface area contributed by atoms with Crippen molar-refractivity contribution in [2.45, 2.75) is 26.3 Å². The molecule has 1 unspecified atom stereocenters. The maximum atomic E-state index is 12.8. The molecule has 0 aliphatic heterocycles. The number of rotatable bonds is 5. The zero-order chi connectivity index (χ0) is 13.7. The van der Waals surface area contributed by atoms with Crippen LogP contribution < -0.4 is 0 Å². The van der Waals surface area contributed by atoms with Gasteiger partial charge in [-0.2, -0.15) is 0 Å². The van der Waals surface area contributed by atoms with Crippen molar-refractivity contribution in [1.29, 1.82) is 0 Å². The third-order valence-electron chi connectivity index (χ3n) is 2.78. The van der Waals surface area contributed by atoms with Gasteiger partial charge in [0.1, 0.15) is 12.4 Å². The van der Waals surface area contributed by atoms with Crippen molar-refractivity contribution >= 4 is 11.9 Å². The van der Waals surface area contributed by atoms with E-state index in [9.17, 15) is 14.0 Å². The van der Waals surface area contributed by atoms with E-state index in [1.165, 1.54) is 29.2 Å². The highest BCUT2D eigenvalue weighted by molar-refractivity contribution is 5.96. The monoisotopic (exact) mass is 253 g/mol. The van der Waals surface area contributed by atoms with E-state index in [0.717, 1.165) is 0 Å². The van der Waals surface area contributed by atoms with Gasteiger partial charge < -0.3 is 10.0 Å². The Morgan fingerprint density at radius 2 is 1.89 bits per heavy atom. The van der Waals surface area contributed by atoms with Gasteiger partial charge in [0.2, 0.25) is 0 Å². The van der Waals surface area contributed by atoms with Gasteiger partial charge in [-0.3, -0.25) is 9.59 Å². The van der Waals surface area contributed by atoms with Gasteiger partial charge in [-0.1, -0.05) is 6.92 Å². The molecule has 0 saturated carbocycles. The number of halogens is 1. The lowest BCUT2D eigenvalue weighted by Crippen LogP contribution is -2.41. The van der Waals surface area contributed by atoms with Gasteiger partial charge in [0.05, 0.1) is 0 Å². The van der Waals surface area contributed by atoms with Gasteiger partial charge in [-0.05, 0) is 37.6 Å². The van der Waals surface area contributed by atoms with Crippen LogP contribution in [0.1, 0.15) is 30.6 Å². The minimum absolute atomic E-state index is 0.182. The third-order valence-corrected chi connectivity index (χ3v) is 2.78. The predicted molar refractivity (Wildman–Crippen MR) is 64.8 cm³/mol. The molecule has 0 aliphatic carbocycles. The molecule has 1 rings (SSSR count). The normalized spacial score (nSPS) is 11.9. The van der Waals surface area contributed by atoms with Gasteiger partial charge >= 0.3 is 5.97 Å². The van der Waals surface area contributed by atoms with Crippen molar-refractivity contribution in [2.24, 2.45) is 0 Å². The molecule has 0 aromatic heterocycles. The van der Waals surface area contributed by atoms with Crippen LogP contribution in [-0.2, 0) is 4.79 Å². The molecule has 1 aromatic rings. The first-order valence-corrected chi connectivity index (χ1v) is 5.74. The van der Waals surface area contributed by atoms with Gasteiger partial charge in [-0.15, -0.1) is 0 Å². The minimum atomic E-state index is -1.06. The number of carbonyl (C=O) groups excluding carboxylic acids is 1. The molecule has 0 spiro atoms. The zero-order valence-corrected chi connectivity index (χ0v) is 10.4. The van der Waals surface area contributed by atoms with Crippen LogP contribution in [0.4, 0.5) is 4.39 Å². The Morgan fingerprint density at radius 1 is 1.33 bits per heavy atom. The Labute approximate surface area is 105 Å². The van der Waals surface area contributed by atoms with Crippen molar-refractivity contribution in [1.82, 2.24) is 4.90 Å². The van der Waals surface area contributed by atoms with Crippen molar-refractivity contribution in [3.63, 3.8) is 0 Å². The fourth-order valence-corrected chi connectivity index (χ4v) is 1.55. The molecule has 1 N–H and O–H groups in total. The first-order chi connectivity index (χ1) is 8.45. The Balaban J connectivity index is 2.94. The van der Waals surface area contributed by atoms with E-state index < -0.39 is 17.7 Å².